The lowest BCUT2D eigenvalue weighted by molar-refractivity contribution is -0.141. The van der Waals surface area contributed by atoms with Crippen molar-refractivity contribution in [3.8, 4) is 0 Å². The van der Waals surface area contributed by atoms with Crippen LogP contribution in [0.2, 0.25) is 0 Å². The molecule has 1 amide bonds. The van der Waals surface area contributed by atoms with Crippen LogP contribution in [0.4, 0.5) is 0 Å². The molecular weight excluding hydrogens is 284 g/mol. The summed E-state index contributed by atoms with van der Waals surface area (Å²) in [5, 5.41) is 8.92. The van der Waals surface area contributed by atoms with Crippen molar-refractivity contribution in [2.75, 3.05) is 39.4 Å². The van der Waals surface area contributed by atoms with Crippen LogP contribution < -0.4 is 0 Å². The number of nitrogens with zero attached hydrogens (tertiary/aromatic N) is 2. The Labute approximate surface area is 133 Å². The standard InChI is InChI=1S/C16H30N2O4/c1-3-5-6-11-22-13-15(19)18-9-7-14(8-10-18)17(4-2)12-16(20)21/h14H,3-13H2,1-2H3,(H,20,21). The van der Waals surface area contributed by atoms with Gasteiger partial charge in [-0.1, -0.05) is 26.7 Å². The van der Waals surface area contributed by atoms with Gasteiger partial charge in [0.25, 0.3) is 0 Å². The fourth-order valence-electron chi connectivity index (χ4n) is 2.86. The highest BCUT2D eigenvalue weighted by Gasteiger charge is 2.27. The van der Waals surface area contributed by atoms with Gasteiger partial charge in [-0.05, 0) is 25.8 Å². The van der Waals surface area contributed by atoms with Gasteiger partial charge in [-0.15, -0.1) is 0 Å². The summed E-state index contributed by atoms with van der Waals surface area (Å²) in [6.45, 7) is 7.13. The summed E-state index contributed by atoms with van der Waals surface area (Å²) in [6, 6.07) is 0.260. The van der Waals surface area contributed by atoms with Gasteiger partial charge in [-0.3, -0.25) is 14.5 Å². The molecule has 0 saturated carbocycles. The van der Waals surface area contributed by atoms with Crippen LogP contribution in [0.15, 0.2) is 0 Å². The van der Waals surface area contributed by atoms with Gasteiger partial charge in [0.2, 0.25) is 5.91 Å². The van der Waals surface area contributed by atoms with Crippen LogP contribution in [0.1, 0.15) is 46.0 Å². The first kappa shape index (κ1) is 18.9. The molecule has 6 nitrogen and oxygen atoms in total. The first-order chi connectivity index (χ1) is 10.6. The van der Waals surface area contributed by atoms with Crippen molar-refractivity contribution in [1.82, 2.24) is 9.80 Å². The van der Waals surface area contributed by atoms with E-state index in [-0.39, 0.29) is 25.1 Å². The average molecular weight is 314 g/mol. The van der Waals surface area contributed by atoms with Gasteiger partial charge < -0.3 is 14.7 Å². The summed E-state index contributed by atoms with van der Waals surface area (Å²) in [6.07, 6.45) is 4.96. The molecule has 1 rings (SSSR count). The second-order valence-corrected chi connectivity index (χ2v) is 5.83. The van der Waals surface area contributed by atoms with E-state index < -0.39 is 5.97 Å². The van der Waals surface area contributed by atoms with Crippen LogP contribution in [0.3, 0.4) is 0 Å². The van der Waals surface area contributed by atoms with Crippen LogP contribution >= 0.6 is 0 Å². The van der Waals surface area contributed by atoms with Gasteiger partial charge >= 0.3 is 5.97 Å². The van der Waals surface area contributed by atoms with Crippen molar-refractivity contribution in [2.24, 2.45) is 0 Å². The number of carboxylic acids is 1. The molecule has 1 fully saturated rings. The third-order valence-electron chi connectivity index (χ3n) is 4.20. The smallest absolute Gasteiger partial charge is 0.317 e. The number of unbranched alkanes of at least 4 members (excludes halogenated alkanes) is 2. The van der Waals surface area contributed by atoms with Crippen LogP contribution in [-0.4, -0.2) is 72.2 Å². The third kappa shape index (κ3) is 6.75. The van der Waals surface area contributed by atoms with Crippen molar-refractivity contribution >= 4 is 11.9 Å². The number of likely N-dealkylation sites (tertiary alicyclic amines) is 1. The molecule has 0 aromatic rings. The number of amides is 1. The second kappa shape index (κ2) is 10.6. The Balaban J connectivity index is 2.25. The molecule has 0 aromatic carbocycles. The van der Waals surface area contributed by atoms with Crippen molar-refractivity contribution < 1.29 is 19.4 Å². The Morgan fingerprint density at radius 3 is 2.45 bits per heavy atom. The molecule has 0 aliphatic carbocycles. The van der Waals surface area contributed by atoms with E-state index >= 15 is 0 Å². The molecule has 0 spiro atoms. The van der Waals surface area contributed by atoms with E-state index in [4.69, 9.17) is 9.84 Å². The Bertz CT molecular complexity index is 341. The summed E-state index contributed by atoms with van der Waals surface area (Å²) in [5.74, 6) is -0.739. The highest BCUT2D eigenvalue weighted by Crippen LogP contribution is 2.16. The fraction of sp³-hybridized carbons (Fsp3) is 0.875. The molecule has 0 bridgehead atoms. The molecule has 1 N–H and O–H groups in total. The lowest BCUT2D eigenvalue weighted by Gasteiger charge is -2.37. The molecule has 128 valence electrons. The van der Waals surface area contributed by atoms with E-state index in [1.165, 1.54) is 0 Å². The summed E-state index contributed by atoms with van der Waals surface area (Å²) in [4.78, 5) is 26.7. The lowest BCUT2D eigenvalue weighted by Crippen LogP contribution is -2.48. The van der Waals surface area contributed by atoms with Crippen molar-refractivity contribution in [1.29, 1.82) is 0 Å². The summed E-state index contributed by atoms with van der Waals surface area (Å²) >= 11 is 0. The quantitative estimate of drug-likeness (QED) is 0.620. The Kier molecular flexibility index (Phi) is 9.08. The van der Waals surface area contributed by atoms with E-state index in [0.717, 1.165) is 38.6 Å². The maximum Gasteiger partial charge on any atom is 0.317 e. The zero-order chi connectivity index (χ0) is 16.4. The van der Waals surface area contributed by atoms with E-state index in [0.29, 0.717) is 19.7 Å². The Morgan fingerprint density at radius 2 is 1.91 bits per heavy atom. The van der Waals surface area contributed by atoms with E-state index in [1.807, 2.05) is 16.7 Å². The highest BCUT2D eigenvalue weighted by molar-refractivity contribution is 5.77. The molecule has 0 radical (unpaired) electrons. The van der Waals surface area contributed by atoms with Gasteiger partial charge in [0, 0.05) is 25.7 Å². The largest absolute Gasteiger partial charge is 0.480 e. The maximum absolute atomic E-state index is 12.0. The maximum atomic E-state index is 12.0. The van der Waals surface area contributed by atoms with Crippen LogP contribution in [-0.2, 0) is 14.3 Å². The normalized spacial score (nSPS) is 16.2. The Hall–Kier alpha value is -1.14. The number of likely N-dealkylation sites (N-methyl/N-ethyl adjacent to an activating group) is 1. The van der Waals surface area contributed by atoms with Gasteiger partial charge in [0.1, 0.15) is 6.61 Å². The molecule has 1 aliphatic heterocycles. The van der Waals surface area contributed by atoms with Crippen molar-refractivity contribution in [3.05, 3.63) is 0 Å². The zero-order valence-corrected chi connectivity index (χ0v) is 13.9. The van der Waals surface area contributed by atoms with Crippen LogP contribution in [0.25, 0.3) is 0 Å². The van der Waals surface area contributed by atoms with Crippen LogP contribution in [0.5, 0.6) is 0 Å². The first-order valence-electron chi connectivity index (χ1n) is 8.39. The minimum absolute atomic E-state index is 0.0521. The molecule has 22 heavy (non-hydrogen) atoms. The number of carbonyl (C=O) groups excluding carboxylic acids is 1. The van der Waals surface area contributed by atoms with Crippen molar-refractivity contribution in [3.63, 3.8) is 0 Å². The van der Waals surface area contributed by atoms with Gasteiger partial charge in [0.15, 0.2) is 0 Å². The minimum Gasteiger partial charge on any atom is -0.480 e. The summed E-state index contributed by atoms with van der Waals surface area (Å²) in [5.41, 5.74) is 0. The highest BCUT2D eigenvalue weighted by atomic mass is 16.5. The predicted molar refractivity (Wildman–Crippen MR) is 84.8 cm³/mol. The first-order valence-corrected chi connectivity index (χ1v) is 8.39. The predicted octanol–water partition coefficient (Wildman–Crippen LogP) is 1.59. The second-order valence-electron chi connectivity index (χ2n) is 5.83. The SMILES string of the molecule is CCCCCOCC(=O)N1CCC(N(CC)CC(=O)O)CC1. The molecule has 6 heteroatoms. The molecular formula is C16H30N2O4. The number of hydrogen-bond donors (Lipinski definition) is 1. The lowest BCUT2D eigenvalue weighted by atomic mass is 10.0. The molecule has 0 atom stereocenters. The topological polar surface area (TPSA) is 70.1 Å². The van der Waals surface area contributed by atoms with Gasteiger partial charge in [0.05, 0.1) is 6.54 Å². The monoisotopic (exact) mass is 314 g/mol. The number of aliphatic carboxylic acids is 1. The van der Waals surface area contributed by atoms with E-state index in [1.54, 1.807) is 0 Å². The molecule has 0 aromatic heterocycles. The average Bonchev–Trinajstić information content (AvgIpc) is 2.52. The third-order valence-corrected chi connectivity index (χ3v) is 4.20. The van der Waals surface area contributed by atoms with E-state index in [9.17, 15) is 9.59 Å². The Morgan fingerprint density at radius 1 is 1.23 bits per heavy atom. The zero-order valence-electron chi connectivity index (χ0n) is 13.9. The van der Waals surface area contributed by atoms with Gasteiger partial charge in [-0.2, -0.15) is 0 Å². The minimum atomic E-state index is -0.791. The fourth-order valence-corrected chi connectivity index (χ4v) is 2.86. The summed E-state index contributed by atoms with van der Waals surface area (Å²) in [7, 11) is 0. The number of hydrogen-bond acceptors (Lipinski definition) is 4. The molecule has 1 saturated heterocycles. The number of piperidine rings is 1. The summed E-state index contributed by atoms with van der Waals surface area (Å²) < 4.78 is 5.42. The molecule has 1 aliphatic rings. The molecule has 0 unspecified atom stereocenters. The molecule has 1 heterocycles. The van der Waals surface area contributed by atoms with Crippen LogP contribution in [0, 0.1) is 0 Å². The van der Waals surface area contributed by atoms with Gasteiger partial charge in [-0.25, -0.2) is 0 Å². The number of rotatable bonds is 10. The number of carboxylic acid groups (broad SMARTS) is 1. The number of carbonyl (C=O) groups is 2. The van der Waals surface area contributed by atoms with E-state index in [2.05, 4.69) is 6.92 Å². The van der Waals surface area contributed by atoms with Crippen molar-refractivity contribution in [2.45, 2.75) is 52.0 Å². The number of ether oxygens (including phenoxy) is 1.